The predicted molar refractivity (Wildman–Crippen MR) is 101 cm³/mol. The van der Waals surface area contributed by atoms with Crippen LogP contribution in [0.3, 0.4) is 0 Å². The Labute approximate surface area is 154 Å². The zero-order valence-electron chi connectivity index (χ0n) is 15.0. The number of rotatable bonds is 6. The maximum atomic E-state index is 12.5. The van der Waals surface area contributed by atoms with Gasteiger partial charge in [0, 0.05) is 30.8 Å². The van der Waals surface area contributed by atoms with Crippen molar-refractivity contribution in [1.29, 1.82) is 0 Å². The first-order valence-corrected chi connectivity index (χ1v) is 8.98. The summed E-state index contributed by atoms with van der Waals surface area (Å²) in [4.78, 5) is 26.7. The number of amides is 2. The third-order valence-electron chi connectivity index (χ3n) is 4.60. The van der Waals surface area contributed by atoms with Gasteiger partial charge in [0.25, 0.3) is 11.8 Å². The first-order valence-electron chi connectivity index (χ1n) is 8.98. The van der Waals surface area contributed by atoms with Gasteiger partial charge in [-0.25, -0.2) is 0 Å². The van der Waals surface area contributed by atoms with Crippen molar-refractivity contribution in [1.82, 2.24) is 10.2 Å². The van der Waals surface area contributed by atoms with Gasteiger partial charge in [-0.15, -0.1) is 0 Å². The summed E-state index contributed by atoms with van der Waals surface area (Å²) in [5.41, 5.74) is 2.19. The van der Waals surface area contributed by atoms with Gasteiger partial charge in [0.15, 0.2) is 0 Å². The number of methoxy groups -OCH3 is 1. The van der Waals surface area contributed by atoms with Crippen LogP contribution in [0, 0.1) is 0 Å². The van der Waals surface area contributed by atoms with Crippen molar-refractivity contribution in [2.45, 2.75) is 19.3 Å². The van der Waals surface area contributed by atoms with E-state index < -0.39 is 0 Å². The summed E-state index contributed by atoms with van der Waals surface area (Å²) in [6.07, 6.45) is 2.82. The minimum atomic E-state index is -0.163. The monoisotopic (exact) mass is 352 g/mol. The van der Waals surface area contributed by atoms with Crippen LogP contribution in [0.15, 0.2) is 48.5 Å². The molecule has 0 bridgehead atoms. The molecule has 0 aromatic heterocycles. The first kappa shape index (κ1) is 18.0. The van der Waals surface area contributed by atoms with Crippen molar-refractivity contribution in [2.24, 2.45) is 0 Å². The number of hydrogen-bond donors (Lipinski definition) is 1. The van der Waals surface area contributed by atoms with Crippen LogP contribution in [0.25, 0.3) is 0 Å². The molecule has 5 nitrogen and oxygen atoms in total. The molecule has 0 radical (unpaired) electrons. The molecule has 2 aromatic carbocycles. The van der Waals surface area contributed by atoms with E-state index in [1.54, 1.807) is 31.4 Å². The number of carbonyl (C=O) groups is 2. The normalized spacial score (nSPS) is 13.5. The van der Waals surface area contributed by atoms with Crippen molar-refractivity contribution in [3.8, 4) is 5.75 Å². The summed E-state index contributed by atoms with van der Waals surface area (Å²) in [7, 11) is 1.64. The molecule has 26 heavy (non-hydrogen) atoms. The van der Waals surface area contributed by atoms with Gasteiger partial charge in [0.2, 0.25) is 0 Å². The topological polar surface area (TPSA) is 58.6 Å². The van der Waals surface area contributed by atoms with E-state index in [0.717, 1.165) is 43.7 Å². The van der Waals surface area contributed by atoms with E-state index in [9.17, 15) is 9.59 Å². The number of nitrogens with one attached hydrogen (secondary N) is 1. The molecule has 1 saturated heterocycles. The Hall–Kier alpha value is -2.82. The average Bonchev–Trinajstić information content (AvgIpc) is 3.22. The Bertz CT molecular complexity index is 782. The van der Waals surface area contributed by atoms with Gasteiger partial charge in [0.1, 0.15) is 5.75 Å². The summed E-state index contributed by atoms with van der Waals surface area (Å²) in [5.74, 6) is 0.652. The van der Waals surface area contributed by atoms with Gasteiger partial charge >= 0.3 is 0 Å². The Balaban J connectivity index is 1.57. The largest absolute Gasteiger partial charge is 0.497 e. The van der Waals surface area contributed by atoms with E-state index in [2.05, 4.69) is 5.32 Å². The second kappa shape index (κ2) is 8.52. The van der Waals surface area contributed by atoms with Crippen LogP contribution in [-0.2, 0) is 6.42 Å². The number of benzene rings is 2. The van der Waals surface area contributed by atoms with E-state index in [1.165, 1.54) is 0 Å². The summed E-state index contributed by atoms with van der Waals surface area (Å²) in [6, 6.07) is 14.7. The fourth-order valence-electron chi connectivity index (χ4n) is 3.15. The van der Waals surface area contributed by atoms with Crippen LogP contribution in [0.2, 0.25) is 0 Å². The molecule has 0 aliphatic carbocycles. The fraction of sp³-hybridized carbons (Fsp3) is 0.333. The molecule has 1 heterocycles. The van der Waals surface area contributed by atoms with E-state index in [-0.39, 0.29) is 11.8 Å². The molecule has 0 spiro atoms. The lowest BCUT2D eigenvalue weighted by molar-refractivity contribution is 0.0793. The van der Waals surface area contributed by atoms with Gasteiger partial charge in [-0.2, -0.15) is 0 Å². The fourth-order valence-corrected chi connectivity index (χ4v) is 3.15. The average molecular weight is 352 g/mol. The van der Waals surface area contributed by atoms with Crippen LogP contribution >= 0.6 is 0 Å². The lowest BCUT2D eigenvalue weighted by atomic mass is 10.1. The number of hydrogen-bond acceptors (Lipinski definition) is 3. The molecule has 1 aliphatic heterocycles. The maximum Gasteiger partial charge on any atom is 0.253 e. The second-order valence-corrected chi connectivity index (χ2v) is 6.44. The third-order valence-corrected chi connectivity index (χ3v) is 4.60. The van der Waals surface area contributed by atoms with E-state index in [1.807, 2.05) is 29.2 Å². The quantitative estimate of drug-likeness (QED) is 0.870. The molecule has 2 amide bonds. The molecule has 0 saturated carbocycles. The zero-order chi connectivity index (χ0) is 18.4. The molecular formula is C21H24N2O3. The molecular weight excluding hydrogens is 328 g/mol. The summed E-state index contributed by atoms with van der Waals surface area (Å²) in [6.45, 7) is 2.13. The lowest BCUT2D eigenvalue weighted by Crippen LogP contribution is -2.29. The van der Waals surface area contributed by atoms with Crippen molar-refractivity contribution in [3.63, 3.8) is 0 Å². The summed E-state index contributed by atoms with van der Waals surface area (Å²) in [5, 5.41) is 2.92. The molecule has 1 fully saturated rings. The molecule has 0 atom stereocenters. The van der Waals surface area contributed by atoms with Crippen molar-refractivity contribution < 1.29 is 14.3 Å². The van der Waals surface area contributed by atoms with Crippen molar-refractivity contribution >= 4 is 11.8 Å². The van der Waals surface area contributed by atoms with Crippen LogP contribution in [0.1, 0.15) is 39.1 Å². The highest BCUT2D eigenvalue weighted by molar-refractivity contribution is 5.99. The highest BCUT2D eigenvalue weighted by Gasteiger charge is 2.20. The number of likely N-dealkylation sites (tertiary alicyclic amines) is 1. The van der Waals surface area contributed by atoms with Crippen molar-refractivity contribution in [3.05, 3.63) is 65.2 Å². The predicted octanol–water partition coefficient (Wildman–Crippen LogP) is 2.90. The Morgan fingerprint density at radius 2 is 1.77 bits per heavy atom. The Morgan fingerprint density at radius 1 is 1.04 bits per heavy atom. The van der Waals surface area contributed by atoms with E-state index in [0.29, 0.717) is 17.7 Å². The highest BCUT2D eigenvalue weighted by Crippen LogP contribution is 2.15. The maximum absolute atomic E-state index is 12.5. The van der Waals surface area contributed by atoms with Crippen LogP contribution in [0.4, 0.5) is 0 Å². The standard InChI is InChI=1S/C21H24N2O3/c1-26-19-9-4-6-16(14-19)10-11-22-20(24)17-7-5-8-18(15-17)21(25)23-12-2-3-13-23/h4-9,14-15H,2-3,10-13H2,1H3,(H,22,24). The van der Waals surface area contributed by atoms with Crippen LogP contribution in [0.5, 0.6) is 5.75 Å². The van der Waals surface area contributed by atoms with Crippen molar-refractivity contribution in [2.75, 3.05) is 26.7 Å². The molecule has 2 aromatic rings. The second-order valence-electron chi connectivity index (χ2n) is 6.44. The van der Waals surface area contributed by atoms with Gasteiger partial charge in [-0.3, -0.25) is 9.59 Å². The summed E-state index contributed by atoms with van der Waals surface area (Å²) < 4.78 is 5.21. The van der Waals surface area contributed by atoms with Gasteiger partial charge < -0.3 is 15.0 Å². The molecule has 3 rings (SSSR count). The van der Waals surface area contributed by atoms with E-state index >= 15 is 0 Å². The van der Waals surface area contributed by atoms with E-state index in [4.69, 9.17) is 4.74 Å². The molecule has 5 heteroatoms. The highest BCUT2D eigenvalue weighted by atomic mass is 16.5. The smallest absolute Gasteiger partial charge is 0.253 e. The lowest BCUT2D eigenvalue weighted by Gasteiger charge is -2.15. The minimum absolute atomic E-state index is 0.00790. The van der Waals surface area contributed by atoms with Crippen LogP contribution in [-0.4, -0.2) is 43.5 Å². The SMILES string of the molecule is COc1cccc(CCNC(=O)c2cccc(C(=O)N3CCCC3)c2)c1. The first-order chi connectivity index (χ1) is 12.7. The van der Waals surface area contributed by atoms with Gasteiger partial charge in [-0.05, 0) is 55.2 Å². The number of nitrogens with zero attached hydrogens (tertiary/aromatic N) is 1. The molecule has 1 N–H and O–H groups in total. The Morgan fingerprint density at radius 3 is 2.54 bits per heavy atom. The van der Waals surface area contributed by atoms with Crippen LogP contribution < -0.4 is 10.1 Å². The number of ether oxygens (including phenoxy) is 1. The molecule has 136 valence electrons. The molecule has 0 unspecified atom stereocenters. The Kier molecular flexibility index (Phi) is 5.89. The third kappa shape index (κ3) is 4.42. The number of carbonyl (C=O) groups excluding carboxylic acids is 2. The van der Waals surface area contributed by atoms with Gasteiger partial charge in [0.05, 0.1) is 7.11 Å². The van der Waals surface area contributed by atoms with Gasteiger partial charge in [-0.1, -0.05) is 18.2 Å². The minimum Gasteiger partial charge on any atom is -0.497 e. The summed E-state index contributed by atoms with van der Waals surface area (Å²) >= 11 is 0. The zero-order valence-corrected chi connectivity index (χ0v) is 15.0. The molecule has 1 aliphatic rings.